The molecule has 1 atom stereocenters. The summed E-state index contributed by atoms with van der Waals surface area (Å²) >= 11 is 0. The van der Waals surface area contributed by atoms with Gasteiger partial charge in [0.25, 0.3) is 0 Å². The molecular formula is C14H20F3N3O. The number of nitrogens with zero attached hydrogens (tertiary/aromatic N) is 1. The fraction of sp³-hybridized carbons (Fsp3) is 0.786. The third kappa shape index (κ3) is 2.81. The molecule has 0 radical (unpaired) electrons. The molecule has 118 valence electrons. The highest BCUT2D eigenvalue weighted by atomic mass is 19.4. The molecule has 21 heavy (non-hydrogen) atoms. The van der Waals surface area contributed by atoms with Gasteiger partial charge in [-0.3, -0.25) is 5.10 Å². The molecule has 4 nitrogen and oxygen atoms in total. The lowest BCUT2D eigenvalue weighted by atomic mass is 9.64. The zero-order chi connectivity index (χ0) is 15.3. The van der Waals surface area contributed by atoms with Crippen LogP contribution in [0.1, 0.15) is 43.1 Å². The average molecular weight is 303 g/mol. The topological polar surface area (TPSA) is 49.9 Å². The smallest absolute Gasteiger partial charge is 0.378 e. The van der Waals surface area contributed by atoms with Crippen LogP contribution in [0.2, 0.25) is 0 Å². The van der Waals surface area contributed by atoms with E-state index in [1.165, 1.54) is 6.92 Å². The van der Waals surface area contributed by atoms with E-state index < -0.39 is 11.9 Å². The Hall–Kier alpha value is -1.08. The standard InChI is InChI=1S/C14H20F3N3O/c1-8-3-13(7-21-8)4-10(5-13)18-6-11-9(2)12(20-19-11)14(15,16)17/h8,10,18H,3-7H2,1-2H3,(H,19,20). The summed E-state index contributed by atoms with van der Waals surface area (Å²) in [6.45, 7) is 4.75. The molecule has 2 fully saturated rings. The van der Waals surface area contributed by atoms with Crippen LogP contribution >= 0.6 is 0 Å². The normalized spacial score (nSPS) is 32.6. The number of nitrogens with one attached hydrogen (secondary N) is 2. The van der Waals surface area contributed by atoms with Crippen LogP contribution in [0.3, 0.4) is 0 Å². The minimum absolute atomic E-state index is 0.182. The SMILES string of the molecule is Cc1c(C(F)(F)F)n[nH]c1CNC1CC2(COC(C)C2)C1. The van der Waals surface area contributed by atoms with Crippen molar-refractivity contribution >= 4 is 0 Å². The van der Waals surface area contributed by atoms with Crippen molar-refractivity contribution in [1.82, 2.24) is 15.5 Å². The van der Waals surface area contributed by atoms with E-state index in [4.69, 9.17) is 4.74 Å². The van der Waals surface area contributed by atoms with Crippen molar-refractivity contribution < 1.29 is 17.9 Å². The van der Waals surface area contributed by atoms with Crippen molar-refractivity contribution in [2.75, 3.05) is 6.61 Å². The van der Waals surface area contributed by atoms with Gasteiger partial charge >= 0.3 is 6.18 Å². The molecular weight excluding hydrogens is 283 g/mol. The molecule has 1 unspecified atom stereocenters. The van der Waals surface area contributed by atoms with E-state index in [1.54, 1.807) is 0 Å². The van der Waals surface area contributed by atoms with E-state index in [9.17, 15) is 13.2 Å². The highest BCUT2D eigenvalue weighted by Gasteiger charge is 2.48. The number of rotatable bonds is 3. The van der Waals surface area contributed by atoms with Gasteiger partial charge in [-0.15, -0.1) is 0 Å². The van der Waals surface area contributed by atoms with Crippen LogP contribution in [-0.4, -0.2) is 29.0 Å². The van der Waals surface area contributed by atoms with E-state index in [1.807, 2.05) is 0 Å². The Kier molecular flexibility index (Phi) is 3.52. The Morgan fingerprint density at radius 3 is 2.62 bits per heavy atom. The van der Waals surface area contributed by atoms with Gasteiger partial charge < -0.3 is 10.1 Å². The van der Waals surface area contributed by atoms with E-state index in [0.717, 1.165) is 25.9 Å². The Bertz CT molecular complexity index is 520. The zero-order valence-corrected chi connectivity index (χ0v) is 12.2. The number of ether oxygens (including phenoxy) is 1. The summed E-state index contributed by atoms with van der Waals surface area (Å²) in [4.78, 5) is 0. The average Bonchev–Trinajstić information content (AvgIpc) is 2.88. The first-order chi connectivity index (χ1) is 9.79. The maximum atomic E-state index is 12.7. The van der Waals surface area contributed by atoms with Crippen LogP contribution in [0.25, 0.3) is 0 Å². The Labute approximate surface area is 121 Å². The minimum Gasteiger partial charge on any atom is -0.378 e. The molecule has 1 spiro atoms. The van der Waals surface area contributed by atoms with Gasteiger partial charge in [-0.05, 0) is 38.5 Å². The zero-order valence-electron chi connectivity index (χ0n) is 12.2. The molecule has 0 aromatic carbocycles. The van der Waals surface area contributed by atoms with Gasteiger partial charge in [-0.25, -0.2) is 0 Å². The maximum absolute atomic E-state index is 12.7. The maximum Gasteiger partial charge on any atom is 0.435 e. The summed E-state index contributed by atoms with van der Waals surface area (Å²) in [5.41, 5.74) is 0.181. The van der Waals surface area contributed by atoms with Crippen molar-refractivity contribution in [2.45, 2.75) is 58.0 Å². The van der Waals surface area contributed by atoms with Gasteiger partial charge in [0, 0.05) is 18.2 Å². The summed E-state index contributed by atoms with van der Waals surface area (Å²) in [6.07, 6.45) is -0.897. The molecule has 1 saturated carbocycles. The summed E-state index contributed by atoms with van der Waals surface area (Å²) in [7, 11) is 0. The number of alkyl halides is 3. The molecule has 7 heteroatoms. The van der Waals surface area contributed by atoms with Crippen LogP contribution in [0, 0.1) is 12.3 Å². The monoisotopic (exact) mass is 303 g/mol. The quantitative estimate of drug-likeness (QED) is 0.903. The van der Waals surface area contributed by atoms with Gasteiger partial charge in [0.2, 0.25) is 0 Å². The molecule has 0 amide bonds. The molecule has 2 heterocycles. The van der Waals surface area contributed by atoms with E-state index >= 15 is 0 Å². The van der Waals surface area contributed by atoms with E-state index in [0.29, 0.717) is 29.8 Å². The van der Waals surface area contributed by atoms with Crippen LogP contribution in [0.5, 0.6) is 0 Å². The summed E-state index contributed by atoms with van der Waals surface area (Å²) < 4.78 is 43.6. The lowest BCUT2D eigenvalue weighted by molar-refractivity contribution is -0.141. The van der Waals surface area contributed by atoms with E-state index in [2.05, 4.69) is 22.4 Å². The molecule has 1 aromatic rings. The summed E-state index contributed by atoms with van der Waals surface area (Å²) in [6, 6.07) is 0.357. The third-order valence-electron chi connectivity index (χ3n) is 4.70. The number of halogens is 3. The number of aromatic amines is 1. The second kappa shape index (κ2) is 4.98. The number of hydrogen-bond donors (Lipinski definition) is 2. The predicted molar refractivity (Wildman–Crippen MR) is 70.7 cm³/mol. The lowest BCUT2D eigenvalue weighted by Crippen LogP contribution is -2.49. The van der Waals surface area contributed by atoms with Crippen molar-refractivity contribution in [3.8, 4) is 0 Å². The van der Waals surface area contributed by atoms with Gasteiger partial charge in [0.15, 0.2) is 5.69 Å². The largest absolute Gasteiger partial charge is 0.435 e. The Morgan fingerprint density at radius 2 is 2.10 bits per heavy atom. The van der Waals surface area contributed by atoms with E-state index in [-0.39, 0.29) is 5.56 Å². The van der Waals surface area contributed by atoms with Gasteiger partial charge in [0.05, 0.1) is 18.4 Å². The number of aromatic nitrogens is 2. The summed E-state index contributed by atoms with van der Waals surface area (Å²) in [5, 5.41) is 9.19. The molecule has 0 bridgehead atoms. The third-order valence-corrected chi connectivity index (χ3v) is 4.70. The Balaban J connectivity index is 1.52. The molecule has 3 rings (SSSR count). The number of hydrogen-bond acceptors (Lipinski definition) is 3. The van der Waals surface area contributed by atoms with Gasteiger partial charge in [0.1, 0.15) is 0 Å². The van der Waals surface area contributed by atoms with Crippen molar-refractivity contribution in [3.05, 3.63) is 17.0 Å². The number of H-pyrrole nitrogens is 1. The highest BCUT2D eigenvalue weighted by molar-refractivity contribution is 5.25. The highest BCUT2D eigenvalue weighted by Crippen LogP contribution is 2.49. The molecule has 1 aliphatic heterocycles. The van der Waals surface area contributed by atoms with Crippen LogP contribution in [0.15, 0.2) is 0 Å². The first kappa shape index (κ1) is 14.8. The molecule has 1 aliphatic carbocycles. The van der Waals surface area contributed by atoms with Crippen LogP contribution in [0.4, 0.5) is 13.2 Å². The van der Waals surface area contributed by atoms with Crippen molar-refractivity contribution in [1.29, 1.82) is 0 Å². The second-order valence-corrected chi connectivity index (χ2v) is 6.49. The van der Waals surface area contributed by atoms with Crippen LogP contribution < -0.4 is 5.32 Å². The summed E-state index contributed by atoms with van der Waals surface area (Å²) in [5.74, 6) is 0. The predicted octanol–water partition coefficient (Wildman–Crippen LogP) is 2.78. The molecule has 2 N–H and O–H groups in total. The first-order valence-electron chi connectivity index (χ1n) is 7.25. The second-order valence-electron chi connectivity index (χ2n) is 6.49. The minimum atomic E-state index is -4.39. The fourth-order valence-electron chi connectivity index (χ4n) is 3.59. The van der Waals surface area contributed by atoms with Gasteiger partial charge in [-0.2, -0.15) is 18.3 Å². The van der Waals surface area contributed by atoms with Crippen LogP contribution in [-0.2, 0) is 17.5 Å². The van der Waals surface area contributed by atoms with Crippen molar-refractivity contribution in [3.63, 3.8) is 0 Å². The lowest BCUT2D eigenvalue weighted by Gasteiger charge is -2.44. The van der Waals surface area contributed by atoms with Gasteiger partial charge in [-0.1, -0.05) is 0 Å². The Morgan fingerprint density at radius 1 is 1.38 bits per heavy atom. The molecule has 2 aliphatic rings. The molecule has 1 aromatic heterocycles. The van der Waals surface area contributed by atoms with Crippen molar-refractivity contribution in [2.24, 2.45) is 5.41 Å². The first-order valence-corrected chi connectivity index (χ1v) is 7.25. The fourth-order valence-corrected chi connectivity index (χ4v) is 3.59. The molecule has 1 saturated heterocycles.